The van der Waals surface area contributed by atoms with Crippen molar-refractivity contribution >= 4 is 39.1 Å². The van der Waals surface area contributed by atoms with Crippen LogP contribution in [0.3, 0.4) is 0 Å². The van der Waals surface area contributed by atoms with Crippen LogP contribution in [0.25, 0.3) is 0 Å². The van der Waals surface area contributed by atoms with Gasteiger partial charge in [0.05, 0.1) is 0 Å². The standard InChI is InChI=1S/C18H19BrN2O2/c1-2-3-4-17(22)20-15-9-5-13(6-10-15)18(23)21-16-11-7-14(19)8-12-16/h5-12H,2-4H2,1H3,(H,20,22)(H,21,23). The topological polar surface area (TPSA) is 58.2 Å². The molecule has 2 amide bonds. The molecule has 0 aliphatic carbocycles. The van der Waals surface area contributed by atoms with E-state index in [0.717, 1.165) is 23.0 Å². The van der Waals surface area contributed by atoms with E-state index in [-0.39, 0.29) is 11.8 Å². The zero-order chi connectivity index (χ0) is 16.7. The van der Waals surface area contributed by atoms with E-state index in [9.17, 15) is 9.59 Å². The van der Waals surface area contributed by atoms with Crippen LogP contribution in [0.1, 0.15) is 36.5 Å². The number of carbonyl (C=O) groups is 2. The lowest BCUT2D eigenvalue weighted by Crippen LogP contribution is -2.13. The number of nitrogens with one attached hydrogen (secondary N) is 2. The molecule has 2 N–H and O–H groups in total. The molecule has 0 heterocycles. The highest BCUT2D eigenvalue weighted by Crippen LogP contribution is 2.16. The molecule has 120 valence electrons. The molecule has 2 aromatic rings. The van der Waals surface area contributed by atoms with Crippen LogP contribution in [0.15, 0.2) is 53.0 Å². The first-order chi connectivity index (χ1) is 11.1. The molecule has 0 saturated heterocycles. The third-order valence-corrected chi connectivity index (χ3v) is 3.82. The molecule has 0 fully saturated rings. The van der Waals surface area contributed by atoms with Gasteiger partial charge in [-0.15, -0.1) is 0 Å². The Labute approximate surface area is 144 Å². The molecule has 0 atom stereocenters. The highest BCUT2D eigenvalue weighted by molar-refractivity contribution is 9.10. The largest absolute Gasteiger partial charge is 0.326 e. The van der Waals surface area contributed by atoms with Crippen LogP contribution >= 0.6 is 15.9 Å². The molecule has 4 nitrogen and oxygen atoms in total. The van der Waals surface area contributed by atoms with Crippen LogP contribution < -0.4 is 10.6 Å². The Morgan fingerprint density at radius 3 is 2.09 bits per heavy atom. The van der Waals surface area contributed by atoms with Crippen molar-refractivity contribution in [2.45, 2.75) is 26.2 Å². The lowest BCUT2D eigenvalue weighted by molar-refractivity contribution is -0.116. The second-order valence-corrected chi connectivity index (χ2v) is 6.11. The molecule has 0 unspecified atom stereocenters. The van der Waals surface area contributed by atoms with E-state index < -0.39 is 0 Å². The number of anilines is 2. The van der Waals surface area contributed by atoms with Crippen molar-refractivity contribution < 1.29 is 9.59 Å². The Hall–Kier alpha value is -2.14. The minimum atomic E-state index is -0.184. The highest BCUT2D eigenvalue weighted by atomic mass is 79.9. The fourth-order valence-electron chi connectivity index (χ4n) is 2.00. The van der Waals surface area contributed by atoms with Crippen molar-refractivity contribution in [3.8, 4) is 0 Å². The van der Waals surface area contributed by atoms with Crippen LogP contribution in [0, 0.1) is 0 Å². The first-order valence-electron chi connectivity index (χ1n) is 7.55. The Balaban J connectivity index is 1.94. The second kappa shape index (κ2) is 8.48. The number of carbonyl (C=O) groups excluding carboxylic acids is 2. The van der Waals surface area contributed by atoms with E-state index in [2.05, 4.69) is 26.6 Å². The van der Waals surface area contributed by atoms with Gasteiger partial charge >= 0.3 is 0 Å². The normalized spacial score (nSPS) is 10.2. The van der Waals surface area contributed by atoms with Gasteiger partial charge < -0.3 is 10.6 Å². The van der Waals surface area contributed by atoms with Gasteiger partial charge in [-0.1, -0.05) is 29.3 Å². The monoisotopic (exact) mass is 374 g/mol. The number of benzene rings is 2. The first-order valence-corrected chi connectivity index (χ1v) is 8.34. The highest BCUT2D eigenvalue weighted by Gasteiger charge is 2.07. The van der Waals surface area contributed by atoms with Crippen LogP contribution in [0.2, 0.25) is 0 Å². The molecular formula is C18H19BrN2O2. The van der Waals surface area contributed by atoms with Gasteiger partial charge in [0.2, 0.25) is 5.91 Å². The maximum atomic E-state index is 12.2. The Morgan fingerprint density at radius 1 is 0.913 bits per heavy atom. The molecule has 0 spiro atoms. The first kappa shape index (κ1) is 17.2. The quantitative estimate of drug-likeness (QED) is 0.760. The van der Waals surface area contributed by atoms with Gasteiger partial charge in [0, 0.05) is 27.8 Å². The smallest absolute Gasteiger partial charge is 0.255 e. The van der Waals surface area contributed by atoms with E-state index >= 15 is 0 Å². The predicted molar refractivity (Wildman–Crippen MR) is 96.7 cm³/mol. The van der Waals surface area contributed by atoms with Crippen LogP contribution in [0.5, 0.6) is 0 Å². The van der Waals surface area contributed by atoms with Gasteiger partial charge in [-0.25, -0.2) is 0 Å². The minimum absolute atomic E-state index is 0.00101. The van der Waals surface area contributed by atoms with E-state index in [4.69, 9.17) is 0 Å². The van der Waals surface area contributed by atoms with Crippen molar-refractivity contribution in [1.82, 2.24) is 0 Å². The Bertz CT molecular complexity index is 666. The zero-order valence-electron chi connectivity index (χ0n) is 12.9. The molecule has 0 aromatic heterocycles. The van der Waals surface area contributed by atoms with Crippen molar-refractivity contribution in [1.29, 1.82) is 0 Å². The second-order valence-electron chi connectivity index (χ2n) is 5.19. The molecule has 0 aliphatic heterocycles. The number of hydrogen-bond donors (Lipinski definition) is 2. The van der Waals surface area contributed by atoms with E-state index in [0.29, 0.717) is 17.7 Å². The average Bonchev–Trinajstić information content (AvgIpc) is 2.55. The number of amides is 2. The van der Waals surface area contributed by atoms with Gasteiger partial charge in [-0.05, 0) is 55.0 Å². The SMILES string of the molecule is CCCCC(=O)Nc1ccc(C(=O)Nc2ccc(Br)cc2)cc1. The van der Waals surface area contributed by atoms with Crippen LogP contribution in [-0.4, -0.2) is 11.8 Å². The fourth-order valence-corrected chi connectivity index (χ4v) is 2.27. The number of rotatable bonds is 6. The maximum Gasteiger partial charge on any atom is 0.255 e. The van der Waals surface area contributed by atoms with E-state index in [1.165, 1.54) is 0 Å². The van der Waals surface area contributed by atoms with Crippen molar-refractivity contribution in [2.75, 3.05) is 10.6 Å². The fraction of sp³-hybridized carbons (Fsp3) is 0.222. The zero-order valence-corrected chi connectivity index (χ0v) is 14.5. The summed E-state index contributed by atoms with van der Waals surface area (Å²) < 4.78 is 0.957. The van der Waals surface area contributed by atoms with Crippen molar-refractivity contribution in [2.24, 2.45) is 0 Å². The Morgan fingerprint density at radius 2 is 1.48 bits per heavy atom. The summed E-state index contributed by atoms with van der Waals surface area (Å²) in [7, 11) is 0. The number of hydrogen-bond acceptors (Lipinski definition) is 2. The Kier molecular flexibility index (Phi) is 6.35. The molecule has 23 heavy (non-hydrogen) atoms. The third-order valence-electron chi connectivity index (χ3n) is 3.29. The van der Waals surface area contributed by atoms with Crippen molar-refractivity contribution in [3.63, 3.8) is 0 Å². The maximum absolute atomic E-state index is 12.2. The summed E-state index contributed by atoms with van der Waals surface area (Å²) in [4.78, 5) is 23.8. The van der Waals surface area contributed by atoms with Gasteiger partial charge in [-0.2, -0.15) is 0 Å². The predicted octanol–water partition coefficient (Wildman–Crippen LogP) is 4.83. The minimum Gasteiger partial charge on any atom is -0.326 e. The van der Waals surface area contributed by atoms with Gasteiger partial charge in [-0.3, -0.25) is 9.59 Å². The third kappa shape index (κ3) is 5.53. The summed E-state index contributed by atoms with van der Waals surface area (Å²) in [6.07, 6.45) is 2.38. The summed E-state index contributed by atoms with van der Waals surface area (Å²) in [5, 5.41) is 5.65. The molecule has 0 saturated carbocycles. The lowest BCUT2D eigenvalue weighted by Gasteiger charge is -2.07. The summed E-state index contributed by atoms with van der Waals surface area (Å²) in [5.74, 6) is -0.185. The summed E-state index contributed by atoms with van der Waals surface area (Å²) in [6.45, 7) is 2.05. The van der Waals surface area contributed by atoms with E-state index in [1.54, 1.807) is 24.3 Å². The van der Waals surface area contributed by atoms with Gasteiger partial charge in [0.1, 0.15) is 0 Å². The van der Waals surface area contributed by atoms with Gasteiger partial charge in [0.15, 0.2) is 0 Å². The lowest BCUT2D eigenvalue weighted by atomic mass is 10.1. The van der Waals surface area contributed by atoms with Crippen molar-refractivity contribution in [3.05, 3.63) is 58.6 Å². The number of halogens is 1. The molecule has 2 aromatic carbocycles. The molecule has 0 bridgehead atoms. The van der Waals surface area contributed by atoms with E-state index in [1.807, 2.05) is 31.2 Å². The summed E-state index contributed by atoms with van der Waals surface area (Å²) in [6, 6.07) is 14.2. The van der Waals surface area contributed by atoms with Crippen LogP contribution in [0.4, 0.5) is 11.4 Å². The summed E-state index contributed by atoms with van der Waals surface area (Å²) in [5.41, 5.74) is 1.97. The van der Waals surface area contributed by atoms with Gasteiger partial charge in [0.25, 0.3) is 5.91 Å². The summed E-state index contributed by atoms with van der Waals surface area (Å²) >= 11 is 3.35. The molecule has 5 heteroatoms. The molecule has 2 rings (SSSR count). The molecule has 0 aliphatic rings. The average molecular weight is 375 g/mol. The molecular weight excluding hydrogens is 356 g/mol. The number of unbranched alkanes of at least 4 members (excludes halogenated alkanes) is 1. The van der Waals surface area contributed by atoms with Crippen LogP contribution in [-0.2, 0) is 4.79 Å². The molecule has 0 radical (unpaired) electrons.